The largest absolute Gasteiger partial charge is 0.496 e. The van der Waals surface area contributed by atoms with Gasteiger partial charge in [0.1, 0.15) is 11.8 Å². The van der Waals surface area contributed by atoms with E-state index in [1.165, 1.54) is 7.11 Å². The molecule has 0 bridgehead atoms. The molecule has 0 saturated heterocycles. The van der Waals surface area contributed by atoms with Gasteiger partial charge in [0.25, 0.3) is 0 Å². The molecule has 4 nitrogen and oxygen atoms in total. The Morgan fingerprint density at radius 1 is 1.12 bits per heavy atom. The number of halogens is 3. The number of hydrogen-bond donors (Lipinski definition) is 1. The minimum Gasteiger partial charge on any atom is -0.496 e. The second-order valence-electron chi connectivity index (χ2n) is 8.98. The maximum absolute atomic E-state index is 14.3. The number of rotatable bonds is 7. The summed E-state index contributed by atoms with van der Waals surface area (Å²) in [6.45, 7) is 5.67. The minimum absolute atomic E-state index is 0.155. The lowest BCUT2D eigenvalue weighted by molar-refractivity contribution is -0.263. The lowest BCUT2D eigenvalue weighted by Gasteiger charge is -2.34. The van der Waals surface area contributed by atoms with Crippen LogP contribution in [-0.2, 0) is 13.5 Å². The van der Waals surface area contributed by atoms with E-state index in [-0.39, 0.29) is 17.2 Å². The van der Waals surface area contributed by atoms with E-state index in [0.717, 1.165) is 5.56 Å². The molecule has 0 radical (unpaired) electrons. The number of methoxy groups -OCH3 is 1. The third kappa shape index (κ3) is 4.58. The summed E-state index contributed by atoms with van der Waals surface area (Å²) in [4.78, 5) is 0. The Balaban J connectivity index is 2.06. The number of aromatic nitrogens is 1. The number of benzene rings is 2. The molecule has 2 aromatic carbocycles. The lowest BCUT2D eigenvalue weighted by atomic mass is 9.82. The van der Waals surface area contributed by atoms with E-state index in [0.29, 0.717) is 22.2 Å². The number of alkyl halides is 3. The van der Waals surface area contributed by atoms with Crippen LogP contribution in [0.25, 0.3) is 10.9 Å². The molecule has 1 N–H and O–H groups in total. The van der Waals surface area contributed by atoms with E-state index in [1.54, 1.807) is 48.9 Å². The first kappa shape index (κ1) is 24.7. The van der Waals surface area contributed by atoms with Crippen LogP contribution in [0, 0.1) is 11.3 Å². The van der Waals surface area contributed by atoms with Crippen molar-refractivity contribution < 1.29 is 23.0 Å². The highest BCUT2D eigenvalue weighted by atomic mass is 19.4. The molecule has 3 rings (SSSR count). The van der Waals surface area contributed by atoms with Gasteiger partial charge in [0.05, 0.1) is 12.7 Å². The molecule has 0 aliphatic carbocycles. The van der Waals surface area contributed by atoms with Gasteiger partial charge >= 0.3 is 6.18 Å². The van der Waals surface area contributed by atoms with Crippen LogP contribution in [0.1, 0.15) is 61.4 Å². The van der Waals surface area contributed by atoms with Gasteiger partial charge in [-0.05, 0) is 41.5 Å². The highest BCUT2D eigenvalue weighted by molar-refractivity contribution is 5.88. The molecule has 0 aliphatic rings. The van der Waals surface area contributed by atoms with E-state index in [4.69, 9.17) is 4.74 Å². The van der Waals surface area contributed by atoms with Gasteiger partial charge in [-0.3, -0.25) is 0 Å². The lowest BCUT2D eigenvalue weighted by Crippen LogP contribution is -2.48. The molecule has 33 heavy (non-hydrogen) atoms. The van der Waals surface area contributed by atoms with Crippen molar-refractivity contribution in [3.8, 4) is 11.8 Å². The summed E-state index contributed by atoms with van der Waals surface area (Å²) in [5.41, 5.74) is -0.471. The van der Waals surface area contributed by atoms with Crippen LogP contribution in [0.5, 0.6) is 5.75 Å². The second kappa shape index (κ2) is 9.11. The molecule has 3 aromatic rings. The smallest absolute Gasteiger partial charge is 0.417 e. The predicted octanol–water partition coefficient (Wildman–Crippen LogP) is 6.21. The first-order chi connectivity index (χ1) is 15.4. The second-order valence-corrected chi connectivity index (χ2v) is 8.98. The van der Waals surface area contributed by atoms with Crippen LogP contribution in [0.2, 0.25) is 0 Å². The van der Waals surface area contributed by atoms with Gasteiger partial charge in [0, 0.05) is 30.1 Å². The van der Waals surface area contributed by atoms with E-state index < -0.39 is 30.5 Å². The van der Waals surface area contributed by atoms with E-state index in [9.17, 15) is 23.5 Å². The summed E-state index contributed by atoms with van der Waals surface area (Å²) in [6.07, 6.45) is -6.19. The normalized spacial score (nSPS) is 14.8. The molecule has 2 atom stereocenters. The Hall–Kier alpha value is -2.98. The number of aliphatic hydroxyl groups is 1. The standard InChI is InChI=1S/C26H29F3N2O2/c1-16(2)18-10-11-24(33-5)20(12-18)17(3)13-25(32,26(27,28)29)14-23-21(15-30)19-8-6-7-9-22(19)31(23)4/h6-12,16-17,32H,13-14H2,1-5H3. The highest BCUT2D eigenvalue weighted by Gasteiger charge is 2.55. The average Bonchev–Trinajstić information content (AvgIpc) is 3.03. The Bertz CT molecular complexity index is 1190. The summed E-state index contributed by atoms with van der Waals surface area (Å²) in [6, 6.07) is 14.5. The molecule has 176 valence electrons. The van der Waals surface area contributed by atoms with Gasteiger partial charge in [-0.15, -0.1) is 0 Å². The quantitative estimate of drug-likeness (QED) is 0.458. The van der Waals surface area contributed by atoms with Gasteiger partial charge in [-0.25, -0.2) is 0 Å². The minimum atomic E-state index is -4.90. The zero-order valence-corrected chi connectivity index (χ0v) is 19.5. The van der Waals surface area contributed by atoms with Crippen LogP contribution in [-0.4, -0.2) is 28.6 Å². The zero-order valence-electron chi connectivity index (χ0n) is 19.5. The van der Waals surface area contributed by atoms with Crippen LogP contribution in [0.3, 0.4) is 0 Å². The molecule has 0 spiro atoms. The third-order valence-electron chi connectivity index (χ3n) is 6.42. The molecule has 1 aromatic heterocycles. The molecular weight excluding hydrogens is 429 g/mol. The highest BCUT2D eigenvalue weighted by Crippen LogP contribution is 2.43. The van der Waals surface area contributed by atoms with E-state index in [2.05, 4.69) is 0 Å². The van der Waals surface area contributed by atoms with Crippen molar-refractivity contribution in [1.29, 1.82) is 5.26 Å². The predicted molar refractivity (Wildman–Crippen MR) is 122 cm³/mol. The van der Waals surface area contributed by atoms with Crippen molar-refractivity contribution in [3.05, 3.63) is 64.8 Å². The van der Waals surface area contributed by atoms with Gasteiger partial charge in [0.2, 0.25) is 0 Å². The topological polar surface area (TPSA) is 58.2 Å². The fraction of sp³-hybridized carbons (Fsp3) is 0.423. The van der Waals surface area contributed by atoms with Crippen molar-refractivity contribution >= 4 is 10.9 Å². The maximum atomic E-state index is 14.3. The van der Waals surface area contributed by atoms with Gasteiger partial charge < -0.3 is 14.4 Å². The van der Waals surface area contributed by atoms with Crippen LogP contribution in [0.15, 0.2) is 42.5 Å². The Morgan fingerprint density at radius 2 is 1.79 bits per heavy atom. The number of para-hydroxylation sites is 1. The van der Waals surface area contributed by atoms with Crippen molar-refractivity contribution in [2.75, 3.05) is 7.11 Å². The van der Waals surface area contributed by atoms with Gasteiger partial charge in [-0.1, -0.05) is 51.1 Å². The monoisotopic (exact) mass is 458 g/mol. The van der Waals surface area contributed by atoms with Crippen LogP contribution >= 0.6 is 0 Å². The fourth-order valence-electron chi connectivity index (χ4n) is 4.46. The number of aryl methyl sites for hydroxylation is 1. The first-order valence-corrected chi connectivity index (χ1v) is 10.9. The van der Waals surface area contributed by atoms with Crippen molar-refractivity contribution in [3.63, 3.8) is 0 Å². The summed E-state index contributed by atoms with van der Waals surface area (Å²) < 4.78 is 49.9. The summed E-state index contributed by atoms with van der Waals surface area (Å²) in [5, 5.41) is 21.3. The molecule has 1 heterocycles. The number of fused-ring (bicyclic) bond motifs is 1. The molecule has 0 amide bonds. The number of nitriles is 1. The summed E-state index contributed by atoms with van der Waals surface area (Å²) >= 11 is 0. The number of hydrogen-bond acceptors (Lipinski definition) is 3. The van der Waals surface area contributed by atoms with Crippen molar-refractivity contribution in [2.24, 2.45) is 7.05 Å². The summed E-state index contributed by atoms with van der Waals surface area (Å²) in [7, 11) is 3.10. The SMILES string of the molecule is COc1ccc(C(C)C)cc1C(C)CC(O)(Cc1c(C#N)c2ccccc2n1C)C(F)(F)F. The Morgan fingerprint density at radius 3 is 2.36 bits per heavy atom. The Kier molecular flexibility index (Phi) is 6.80. The van der Waals surface area contributed by atoms with Crippen molar-refractivity contribution in [2.45, 2.75) is 57.2 Å². The van der Waals surface area contributed by atoms with E-state index >= 15 is 0 Å². The third-order valence-corrected chi connectivity index (χ3v) is 6.42. The average molecular weight is 459 g/mol. The first-order valence-electron chi connectivity index (χ1n) is 10.9. The van der Waals surface area contributed by atoms with Crippen LogP contribution < -0.4 is 4.74 Å². The molecule has 0 aliphatic heterocycles. The fourth-order valence-corrected chi connectivity index (χ4v) is 4.46. The molecule has 7 heteroatoms. The molecular formula is C26H29F3N2O2. The molecule has 0 saturated carbocycles. The van der Waals surface area contributed by atoms with Crippen LogP contribution in [0.4, 0.5) is 13.2 Å². The van der Waals surface area contributed by atoms with Gasteiger partial charge in [0.15, 0.2) is 5.60 Å². The number of ether oxygens (including phenoxy) is 1. The van der Waals surface area contributed by atoms with Crippen molar-refractivity contribution in [1.82, 2.24) is 4.57 Å². The molecule has 2 unspecified atom stereocenters. The summed E-state index contributed by atoms with van der Waals surface area (Å²) in [5.74, 6) is 0.0292. The Labute approximate surface area is 192 Å². The number of nitrogens with zero attached hydrogens (tertiary/aromatic N) is 2. The van der Waals surface area contributed by atoms with Gasteiger partial charge in [-0.2, -0.15) is 18.4 Å². The zero-order chi connectivity index (χ0) is 24.6. The maximum Gasteiger partial charge on any atom is 0.417 e. The molecule has 0 fully saturated rings. The van der Waals surface area contributed by atoms with E-state index in [1.807, 2.05) is 32.0 Å².